The van der Waals surface area contributed by atoms with Gasteiger partial charge in [0.25, 0.3) is 0 Å². The van der Waals surface area contributed by atoms with E-state index >= 15 is 0 Å². The molecular formula is C48H29NO. The molecule has 1 heterocycles. The van der Waals surface area contributed by atoms with E-state index < -0.39 is 0 Å². The van der Waals surface area contributed by atoms with Gasteiger partial charge < -0.3 is 9.32 Å². The Labute approximate surface area is 289 Å². The van der Waals surface area contributed by atoms with Crippen molar-refractivity contribution in [3.8, 4) is 33.4 Å². The fourth-order valence-corrected chi connectivity index (χ4v) is 8.46. The maximum Gasteiger partial charge on any atom is 0.145 e. The van der Waals surface area contributed by atoms with E-state index in [1.807, 2.05) is 6.07 Å². The number of rotatable bonds is 4. The predicted molar refractivity (Wildman–Crippen MR) is 211 cm³/mol. The van der Waals surface area contributed by atoms with Crippen molar-refractivity contribution in [1.29, 1.82) is 0 Å². The van der Waals surface area contributed by atoms with Crippen LogP contribution in [-0.4, -0.2) is 0 Å². The maximum atomic E-state index is 6.65. The van der Waals surface area contributed by atoms with Gasteiger partial charge in [-0.3, -0.25) is 0 Å². The summed E-state index contributed by atoms with van der Waals surface area (Å²) < 4.78 is 6.65. The summed E-state index contributed by atoms with van der Waals surface area (Å²) in [7, 11) is 0. The zero-order valence-electron chi connectivity index (χ0n) is 27.1. The monoisotopic (exact) mass is 635 g/mol. The lowest BCUT2D eigenvalue weighted by molar-refractivity contribution is 0.672. The Hall–Kier alpha value is -6.64. The van der Waals surface area contributed by atoms with Gasteiger partial charge >= 0.3 is 0 Å². The molecule has 10 aromatic rings. The highest BCUT2D eigenvalue weighted by Gasteiger charge is 2.25. The van der Waals surface area contributed by atoms with Crippen molar-refractivity contribution in [3.63, 3.8) is 0 Å². The number of nitrogens with zero attached hydrogens (tertiary/aromatic N) is 1. The van der Waals surface area contributed by atoms with Gasteiger partial charge in [0.2, 0.25) is 0 Å². The first-order chi connectivity index (χ1) is 24.8. The molecule has 232 valence electrons. The molecule has 0 atom stereocenters. The molecule has 0 spiro atoms. The molecule has 0 unspecified atom stereocenters. The molecule has 2 nitrogen and oxygen atoms in total. The average molecular weight is 636 g/mol. The van der Waals surface area contributed by atoms with Gasteiger partial charge in [0.05, 0.1) is 16.8 Å². The van der Waals surface area contributed by atoms with Crippen LogP contribution in [0.2, 0.25) is 0 Å². The second-order valence-electron chi connectivity index (χ2n) is 13.2. The van der Waals surface area contributed by atoms with Crippen LogP contribution < -0.4 is 4.90 Å². The van der Waals surface area contributed by atoms with Crippen molar-refractivity contribution in [2.24, 2.45) is 0 Å². The molecule has 11 rings (SSSR count). The highest BCUT2D eigenvalue weighted by Crippen LogP contribution is 2.51. The minimum Gasteiger partial charge on any atom is -0.455 e. The van der Waals surface area contributed by atoms with Crippen LogP contribution in [0.5, 0.6) is 0 Å². The Morgan fingerprint density at radius 1 is 0.340 bits per heavy atom. The SMILES string of the molecule is c1ccc(N(c2ccc(-c3ccc4c5c(cccc35)-c3ccccc3-4)c3ccccc23)c2cc3ccccc3c3oc4ccccc4c23)cc1. The van der Waals surface area contributed by atoms with E-state index in [2.05, 4.69) is 175 Å². The van der Waals surface area contributed by atoms with Crippen LogP contribution in [-0.2, 0) is 0 Å². The largest absolute Gasteiger partial charge is 0.455 e. The second kappa shape index (κ2) is 10.4. The van der Waals surface area contributed by atoms with Crippen molar-refractivity contribution in [2.75, 3.05) is 4.90 Å². The zero-order valence-corrected chi connectivity index (χ0v) is 27.1. The van der Waals surface area contributed by atoms with Gasteiger partial charge in [0.15, 0.2) is 0 Å². The van der Waals surface area contributed by atoms with Gasteiger partial charge in [0, 0.05) is 21.8 Å². The summed E-state index contributed by atoms with van der Waals surface area (Å²) in [4.78, 5) is 2.42. The average Bonchev–Trinajstić information content (AvgIpc) is 3.74. The third-order valence-corrected chi connectivity index (χ3v) is 10.6. The van der Waals surface area contributed by atoms with Gasteiger partial charge in [-0.25, -0.2) is 0 Å². The lowest BCUT2D eigenvalue weighted by Gasteiger charge is -2.28. The van der Waals surface area contributed by atoms with Crippen LogP contribution >= 0.6 is 0 Å². The molecule has 0 bridgehead atoms. The van der Waals surface area contributed by atoms with Gasteiger partial charge in [-0.05, 0) is 85.3 Å². The summed E-state index contributed by atoms with van der Waals surface area (Å²) in [6.07, 6.45) is 0. The highest BCUT2D eigenvalue weighted by molar-refractivity contribution is 6.24. The number of hydrogen-bond acceptors (Lipinski definition) is 2. The summed E-state index contributed by atoms with van der Waals surface area (Å²) in [6.45, 7) is 0. The fourth-order valence-electron chi connectivity index (χ4n) is 8.46. The molecule has 1 aliphatic carbocycles. The van der Waals surface area contributed by atoms with E-state index in [4.69, 9.17) is 4.42 Å². The smallest absolute Gasteiger partial charge is 0.145 e. The molecule has 9 aromatic carbocycles. The number of furan rings is 1. The number of hydrogen-bond donors (Lipinski definition) is 0. The molecule has 0 saturated heterocycles. The highest BCUT2D eigenvalue weighted by atomic mass is 16.3. The standard InChI is InChI=1S/C48H29NO/c1-2-14-31(15-3-1)49(44-29-30-13-4-5-16-32(30)48-47(44)42-21-10-11-24-45(42)50-48)43-28-27-36(33-17-8-9-20-38(33)43)37-25-26-41-35-19-7-6-18-34(35)39-22-12-23-40(37)46(39)41/h1-29H. The maximum absolute atomic E-state index is 6.65. The fraction of sp³-hybridized carbons (Fsp3) is 0. The lowest BCUT2D eigenvalue weighted by atomic mass is 9.90. The van der Waals surface area contributed by atoms with E-state index in [0.717, 1.165) is 49.8 Å². The molecule has 1 aliphatic rings. The summed E-state index contributed by atoms with van der Waals surface area (Å²) in [6, 6.07) is 63.7. The molecular weight excluding hydrogens is 607 g/mol. The molecule has 0 N–H and O–H groups in total. The third-order valence-electron chi connectivity index (χ3n) is 10.6. The number of fused-ring (bicyclic) bond motifs is 9. The second-order valence-corrected chi connectivity index (χ2v) is 13.2. The molecule has 0 saturated carbocycles. The van der Waals surface area contributed by atoms with Crippen LogP contribution in [0.15, 0.2) is 180 Å². The Morgan fingerprint density at radius 2 is 0.920 bits per heavy atom. The van der Waals surface area contributed by atoms with E-state index in [1.165, 1.54) is 54.9 Å². The van der Waals surface area contributed by atoms with E-state index in [0.29, 0.717) is 0 Å². The lowest BCUT2D eigenvalue weighted by Crippen LogP contribution is -2.11. The van der Waals surface area contributed by atoms with Crippen LogP contribution in [0.4, 0.5) is 17.1 Å². The predicted octanol–water partition coefficient (Wildman–Crippen LogP) is 13.8. The Bertz CT molecular complexity index is 2960. The molecule has 0 radical (unpaired) electrons. The summed E-state index contributed by atoms with van der Waals surface area (Å²) in [5.41, 5.74) is 12.9. The number of benzene rings is 9. The molecule has 0 fully saturated rings. The van der Waals surface area contributed by atoms with Gasteiger partial charge in [-0.2, -0.15) is 0 Å². The van der Waals surface area contributed by atoms with Gasteiger partial charge in [0.1, 0.15) is 11.2 Å². The zero-order chi connectivity index (χ0) is 32.8. The van der Waals surface area contributed by atoms with E-state index in [1.54, 1.807) is 0 Å². The molecule has 2 heteroatoms. The van der Waals surface area contributed by atoms with Gasteiger partial charge in [-0.15, -0.1) is 0 Å². The molecule has 0 amide bonds. The van der Waals surface area contributed by atoms with Crippen LogP contribution in [0.1, 0.15) is 0 Å². The quantitative estimate of drug-likeness (QED) is 0.191. The first-order valence-corrected chi connectivity index (χ1v) is 17.2. The third kappa shape index (κ3) is 3.79. The molecule has 1 aromatic heterocycles. The van der Waals surface area contributed by atoms with Crippen molar-refractivity contribution in [1.82, 2.24) is 0 Å². The summed E-state index contributed by atoms with van der Waals surface area (Å²) in [5.74, 6) is 0. The summed E-state index contributed by atoms with van der Waals surface area (Å²) >= 11 is 0. The minimum atomic E-state index is 0.891. The van der Waals surface area contributed by atoms with Crippen molar-refractivity contribution in [2.45, 2.75) is 0 Å². The minimum absolute atomic E-state index is 0.891. The van der Waals surface area contributed by atoms with Crippen molar-refractivity contribution in [3.05, 3.63) is 176 Å². The first kappa shape index (κ1) is 27.3. The van der Waals surface area contributed by atoms with Crippen molar-refractivity contribution < 1.29 is 4.42 Å². The summed E-state index contributed by atoms with van der Waals surface area (Å²) in [5, 5.41) is 9.52. The number of anilines is 3. The van der Waals surface area contributed by atoms with Crippen LogP contribution in [0.3, 0.4) is 0 Å². The van der Waals surface area contributed by atoms with E-state index in [-0.39, 0.29) is 0 Å². The first-order valence-electron chi connectivity index (χ1n) is 17.2. The number of para-hydroxylation sites is 2. The Morgan fingerprint density at radius 3 is 1.76 bits per heavy atom. The van der Waals surface area contributed by atoms with Crippen LogP contribution in [0.25, 0.3) is 87.6 Å². The van der Waals surface area contributed by atoms with Crippen molar-refractivity contribution >= 4 is 71.3 Å². The van der Waals surface area contributed by atoms with E-state index in [9.17, 15) is 0 Å². The Balaban J connectivity index is 1.20. The normalized spacial score (nSPS) is 12.0. The molecule has 0 aliphatic heterocycles. The van der Waals surface area contributed by atoms with Gasteiger partial charge in [-0.1, -0.05) is 146 Å². The molecule has 50 heavy (non-hydrogen) atoms. The Kier molecular flexibility index (Phi) is 5.70. The topological polar surface area (TPSA) is 16.4 Å². The van der Waals surface area contributed by atoms with Crippen LogP contribution in [0, 0.1) is 0 Å².